The second-order valence-electron chi connectivity index (χ2n) is 2.69. The highest BCUT2D eigenvalue weighted by atomic mass is 14.8. The van der Waals surface area contributed by atoms with Gasteiger partial charge in [-0.25, -0.2) is 0 Å². The number of allylic oxidation sites excluding steroid dienone is 3. The number of nitrogens with one attached hydrogen (secondary N) is 1. The Labute approximate surface area is 69.5 Å². The lowest BCUT2D eigenvalue weighted by atomic mass is 10.2. The normalized spacial score (nSPS) is 10.4. The van der Waals surface area contributed by atoms with Crippen molar-refractivity contribution < 1.29 is 0 Å². The van der Waals surface area contributed by atoms with E-state index in [0.29, 0.717) is 0 Å². The molecule has 0 aliphatic heterocycles. The molecule has 0 heterocycles. The van der Waals surface area contributed by atoms with Crippen LogP contribution in [-0.4, -0.2) is 13.6 Å². The van der Waals surface area contributed by atoms with E-state index in [4.69, 9.17) is 0 Å². The zero-order valence-corrected chi connectivity index (χ0v) is 7.48. The molecule has 0 radical (unpaired) electrons. The van der Waals surface area contributed by atoms with Gasteiger partial charge in [-0.1, -0.05) is 36.5 Å². The maximum absolute atomic E-state index is 3.90. The summed E-state index contributed by atoms with van der Waals surface area (Å²) in [4.78, 5) is 0. The van der Waals surface area contributed by atoms with E-state index in [1.54, 1.807) is 0 Å². The van der Waals surface area contributed by atoms with Crippen LogP contribution in [0.15, 0.2) is 36.5 Å². The highest BCUT2D eigenvalue weighted by Gasteiger charge is 1.86. The first-order valence-electron chi connectivity index (χ1n) is 3.82. The van der Waals surface area contributed by atoms with E-state index >= 15 is 0 Å². The zero-order valence-electron chi connectivity index (χ0n) is 7.48. The SMILES string of the molecule is C=C(C)/C=C\C(=C)CCNC. The lowest BCUT2D eigenvalue weighted by Gasteiger charge is -1.97. The van der Waals surface area contributed by atoms with E-state index in [-0.39, 0.29) is 0 Å². The summed E-state index contributed by atoms with van der Waals surface area (Å²) in [6.07, 6.45) is 5.00. The summed E-state index contributed by atoms with van der Waals surface area (Å²) >= 11 is 0. The van der Waals surface area contributed by atoms with Gasteiger partial charge < -0.3 is 5.32 Å². The first-order chi connectivity index (χ1) is 5.16. The molecule has 0 bridgehead atoms. The Hall–Kier alpha value is -0.820. The molecule has 0 aromatic rings. The van der Waals surface area contributed by atoms with Crippen molar-refractivity contribution in [3.05, 3.63) is 36.5 Å². The summed E-state index contributed by atoms with van der Waals surface area (Å²) in [5, 5.41) is 3.07. The zero-order chi connectivity index (χ0) is 8.69. The maximum Gasteiger partial charge on any atom is -0.00116 e. The first-order valence-corrected chi connectivity index (χ1v) is 3.82. The fourth-order valence-corrected chi connectivity index (χ4v) is 0.629. The van der Waals surface area contributed by atoms with Crippen molar-refractivity contribution in [3.63, 3.8) is 0 Å². The van der Waals surface area contributed by atoms with Crippen molar-refractivity contribution in [2.24, 2.45) is 0 Å². The minimum atomic E-state index is 0.985. The molecule has 0 aliphatic rings. The smallest absolute Gasteiger partial charge is 0.00116 e. The molecule has 0 unspecified atom stereocenters. The van der Waals surface area contributed by atoms with E-state index in [0.717, 1.165) is 24.1 Å². The van der Waals surface area contributed by atoms with Crippen molar-refractivity contribution in [1.82, 2.24) is 5.32 Å². The molecule has 0 rings (SSSR count). The van der Waals surface area contributed by atoms with Gasteiger partial charge in [0, 0.05) is 0 Å². The molecule has 0 saturated heterocycles. The van der Waals surface area contributed by atoms with Gasteiger partial charge in [0.25, 0.3) is 0 Å². The van der Waals surface area contributed by atoms with Crippen molar-refractivity contribution in [3.8, 4) is 0 Å². The van der Waals surface area contributed by atoms with Gasteiger partial charge in [-0.15, -0.1) is 0 Å². The molecular weight excluding hydrogens is 134 g/mol. The third kappa shape index (κ3) is 7.07. The number of rotatable bonds is 5. The van der Waals surface area contributed by atoms with E-state index in [1.165, 1.54) is 0 Å². The third-order valence-corrected chi connectivity index (χ3v) is 1.30. The molecular formula is C10H17N. The van der Waals surface area contributed by atoms with Crippen LogP contribution in [0.1, 0.15) is 13.3 Å². The van der Waals surface area contributed by atoms with E-state index < -0.39 is 0 Å². The molecule has 11 heavy (non-hydrogen) atoms. The molecule has 0 atom stereocenters. The minimum Gasteiger partial charge on any atom is -0.319 e. The van der Waals surface area contributed by atoms with Gasteiger partial charge in [-0.3, -0.25) is 0 Å². The van der Waals surface area contributed by atoms with Crippen LogP contribution in [0.5, 0.6) is 0 Å². The van der Waals surface area contributed by atoms with Gasteiger partial charge >= 0.3 is 0 Å². The average molecular weight is 151 g/mol. The summed E-state index contributed by atoms with van der Waals surface area (Å²) in [5.74, 6) is 0. The van der Waals surface area contributed by atoms with Crippen LogP contribution in [0.3, 0.4) is 0 Å². The van der Waals surface area contributed by atoms with Gasteiger partial charge in [0.2, 0.25) is 0 Å². The van der Waals surface area contributed by atoms with Gasteiger partial charge in [0.15, 0.2) is 0 Å². The second-order valence-corrected chi connectivity index (χ2v) is 2.69. The topological polar surface area (TPSA) is 12.0 Å². The highest BCUT2D eigenvalue weighted by molar-refractivity contribution is 5.22. The molecule has 0 aromatic heterocycles. The van der Waals surface area contributed by atoms with Crippen molar-refractivity contribution in [2.75, 3.05) is 13.6 Å². The molecule has 0 amide bonds. The van der Waals surface area contributed by atoms with Crippen LogP contribution in [0.25, 0.3) is 0 Å². The summed E-state index contributed by atoms with van der Waals surface area (Å²) in [7, 11) is 1.94. The van der Waals surface area contributed by atoms with Crippen LogP contribution >= 0.6 is 0 Å². The third-order valence-electron chi connectivity index (χ3n) is 1.30. The molecule has 62 valence electrons. The summed E-state index contributed by atoms with van der Waals surface area (Å²) in [6.45, 7) is 10.6. The summed E-state index contributed by atoms with van der Waals surface area (Å²) < 4.78 is 0. The monoisotopic (exact) mass is 151 g/mol. The Balaban J connectivity index is 3.60. The fraction of sp³-hybridized carbons (Fsp3) is 0.400. The van der Waals surface area contributed by atoms with Crippen LogP contribution in [0, 0.1) is 0 Å². The molecule has 1 N–H and O–H groups in total. The molecule has 0 saturated carbocycles. The Bertz CT molecular complexity index is 166. The van der Waals surface area contributed by atoms with Gasteiger partial charge in [0.05, 0.1) is 0 Å². The fourth-order valence-electron chi connectivity index (χ4n) is 0.629. The average Bonchev–Trinajstić information content (AvgIpc) is 1.97. The summed E-state index contributed by atoms with van der Waals surface area (Å²) in [6, 6.07) is 0. The predicted octanol–water partition coefficient (Wildman–Crippen LogP) is 2.28. The molecule has 1 nitrogen and oxygen atoms in total. The van der Waals surface area contributed by atoms with E-state index in [9.17, 15) is 0 Å². The Morgan fingerprint density at radius 3 is 2.45 bits per heavy atom. The highest BCUT2D eigenvalue weighted by Crippen LogP contribution is 2.00. The van der Waals surface area contributed by atoms with Crippen molar-refractivity contribution in [2.45, 2.75) is 13.3 Å². The van der Waals surface area contributed by atoms with Gasteiger partial charge in [-0.05, 0) is 26.9 Å². The van der Waals surface area contributed by atoms with Crippen LogP contribution in [0.4, 0.5) is 0 Å². The molecule has 0 fully saturated rings. The van der Waals surface area contributed by atoms with E-state index in [2.05, 4.69) is 18.5 Å². The number of hydrogen-bond acceptors (Lipinski definition) is 1. The maximum atomic E-state index is 3.90. The van der Waals surface area contributed by atoms with Gasteiger partial charge in [-0.2, -0.15) is 0 Å². The largest absolute Gasteiger partial charge is 0.319 e. The lowest BCUT2D eigenvalue weighted by Crippen LogP contribution is -2.07. The van der Waals surface area contributed by atoms with Crippen molar-refractivity contribution >= 4 is 0 Å². The molecule has 0 aromatic carbocycles. The lowest BCUT2D eigenvalue weighted by molar-refractivity contribution is 0.795. The predicted molar refractivity (Wildman–Crippen MR) is 51.6 cm³/mol. The first kappa shape index (κ1) is 10.2. The van der Waals surface area contributed by atoms with E-state index in [1.807, 2.05) is 26.1 Å². The Kier molecular flexibility index (Phi) is 5.49. The van der Waals surface area contributed by atoms with Gasteiger partial charge in [0.1, 0.15) is 0 Å². The summed E-state index contributed by atoms with van der Waals surface area (Å²) in [5.41, 5.74) is 2.21. The van der Waals surface area contributed by atoms with Crippen LogP contribution < -0.4 is 5.32 Å². The quantitative estimate of drug-likeness (QED) is 0.594. The van der Waals surface area contributed by atoms with Crippen LogP contribution in [-0.2, 0) is 0 Å². The molecule has 0 spiro atoms. The molecule has 1 heteroatoms. The Morgan fingerprint density at radius 1 is 1.36 bits per heavy atom. The van der Waals surface area contributed by atoms with Crippen LogP contribution in [0.2, 0.25) is 0 Å². The molecule has 0 aliphatic carbocycles. The standard InChI is InChI=1S/C10H17N/c1-9(2)5-6-10(3)7-8-11-4/h5-6,11H,1,3,7-8H2,2,4H3/b6-5-. The number of hydrogen-bond donors (Lipinski definition) is 1. The second kappa shape index (κ2) is 5.93. The minimum absolute atomic E-state index is 0.985. The Morgan fingerprint density at radius 2 is 2.00 bits per heavy atom. The van der Waals surface area contributed by atoms with Crippen molar-refractivity contribution in [1.29, 1.82) is 0 Å².